The Kier molecular flexibility index (Phi) is 6.28. The molecule has 0 aromatic rings. The van der Waals surface area contributed by atoms with Gasteiger partial charge in [0.1, 0.15) is 0 Å². The summed E-state index contributed by atoms with van der Waals surface area (Å²) in [6.07, 6.45) is 1.61. The van der Waals surface area contributed by atoms with Gasteiger partial charge in [0.15, 0.2) is 0 Å². The fourth-order valence-electron chi connectivity index (χ4n) is 1.97. The minimum absolute atomic E-state index is 0.402. The summed E-state index contributed by atoms with van der Waals surface area (Å²) in [6, 6.07) is 0. The van der Waals surface area contributed by atoms with Crippen LogP contribution in [-0.4, -0.2) is 50.6 Å². The molecule has 2 fully saturated rings. The number of nitrogens with one attached hydrogen (secondary N) is 2. The highest BCUT2D eigenvalue weighted by molar-refractivity contribution is 4.67. The summed E-state index contributed by atoms with van der Waals surface area (Å²) in [5.74, 6) is 0. The van der Waals surface area contributed by atoms with Gasteiger partial charge in [0.05, 0.1) is 24.4 Å². The fraction of sp³-hybridized carbons (Fsp3) is 1.00. The molecule has 0 aliphatic carbocycles. The SMILES string of the molecule is CC1CNCC(C)O1.CC1CNCC(C)O1. The highest BCUT2D eigenvalue weighted by atomic mass is 16.5. The van der Waals surface area contributed by atoms with E-state index in [1.54, 1.807) is 0 Å². The summed E-state index contributed by atoms with van der Waals surface area (Å²) in [5.41, 5.74) is 0. The zero-order valence-electron chi connectivity index (χ0n) is 11.0. The lowest BCUT2D eigenvalue weighted by Gasteiger charge is -2.25. The van der Waals surface area contributed by atoms with Crippen LogP contribution in [0, 0.1) is 0 Å². The minimum atomic E-state index is 0.402. The quantitative estimate of drug-likeness (QED) is 0.645. The molecule has 4 unspecified atom stereocenters. The monoisotopic (exact) mass is 230 g/mol. The van der Waals surface area contributed by atoms with Crippen LogP contribution in [0.3, 0.4) is 0 Å². The maximum atomic E-state index is 5.42. The smallest absolute Gasteiger partial charge is 0.0675 e. The van der Waals surface area contributed by atoms with Crippen molar-refractivity contribution < 1.29 is 9.47 Å². The zero-order chi connectivity index (χ0) is 12.0. The first-order valence-corrected chi connectivity index (χ1v) is 6.30. The van der Waals surface area contributed by atoms with Gasteiger partial charge < -0.3 is 20.1 Å². The third-order valence-electron chi connectivity index (χ3n) is 2.66. The third-order valence-corrected chi connectivity index (χ3v) is 2.66. The molecule has 2 aliphatic rings. The second-order valence-corrected chi connectivity index (χ2v) is 4.83. The summed E-state index contributed by atoms with van der Waals surface area (Å²) in [5, 5.41) is 6.52. The molecule has 0 saturated carbocycles. The van der Waals surface area contributed by atoms with E-state index in [0.29, 0.717) is 24.4 Å². The van der Waals surface area contributed by atoms with Crippen molar-refractivity contribution in [1.82, 2.24) is 10.6 Å². The molecule has 2 aliphatic heterocycles. The molecule has 2 heterocycles. The molecule has 4 nitrogen and oxygen atoms in total. The van der Waals surface area contributed by atoms with Gasteiger partial charge in [0.25, 0.3) is 0 Å². The maximum absolute atomic E-state index is 5.42. The van der Waals surface area contributed by atoms with Crippen LogP contribution in [0.25, 0.3) is 0 Å². The van der Waals surface area contributed by atoms with E-state index >= 15 is 0 Å². The molecule has 4 atom stereocenters. The average molecular weight is 230 g/mol. The Bertz CT molecular complexity index is 154. The lowest BCUT2D eigenvalue weighted by Crippen LogP contribution is -2.41. The van der Waals surface area contributed by atoms with Crippen LogP contribution >= 0.6 is 0 Å². The van der Waals surface area contributed by atoms with E-state index in [1.165, 1.54) is 0 Å². The van der Waals surface area contributed by atoms with Gasteiger partial charge >= 0.3 is 0 Å². The molecule has 4 heteroatoms. The molecule has 16 heavy (non-hydrogen) atoms. The Labute approximate surface area is 99.1 Å². The Morgan fingerprint density at radius 3 is 1.00 bits per heavy atom. The van der Waals surface area contributed by atoms with E-state index in [9.17, 15) is 0 Å². The summed E-state index contributed by atoms with van der Waals surface area (Å²) >= 11 is 0. The van der Waals surface area contributed by atoms with Crippen LogP contribution in [0.15, 0.2) is 0 Å². The van der Waals surface area contributed by atoms with Gasteiger partial charge in [-0.3, -0.25) is 0 Å². The molecule has 0 spiro atoms. The second kappa shape index (κ2) is 7.22. The lowest BCUT2D eigenvalue weighted by molar-refractivity contribution is -0.0168. The summed E-state index contributed by atoms with van der Waals surface area (Å²) < 4.78 is 10.8. The van der Waals surface area contributed by atoms with Gasteiger partial charge in [-0.1, -0.05) is 0 Å². The van der Waals surface area contributed by atoms with Gasteiger partial charge in [-0.15, -0.1) is 0 Å². The lowest BCUT2D eigenvalue weighted by atomic mass is 10.3. The normalized spacial score (nSPS) is 39.8. The fourth-order valence-corrected chi connectivity index (χ4v) is 1.97. The minimum Gasteiger partial charge on any atom is -0.373 e. The first kappa shape index (κ1) is 13.9. The summed E-state index contributed by atoms with van der Waals surface area (Å²) in [4.78, 5) is 0. The van der Waals surface area contributed by atoms with Crippen molar-refractivity contribution >= 4 is 0 Å². The summed E-state index contributed by atoms with van der Waals surface area (Å²) in [7, 11) is 0. The van der Waals surface area contributed by atoms with Crippen molar-refractivity contribution in [2.24, 2.45) is 0 Å². The number of morpholine rings is 2. The van der Waals surface area contributed by atoms with Crippen molar-refractivity contribution in [2.75, 3.05) is 26.2 Å². The molecule has 2 saturated heterocycles. The first-order valence-electron chi connectivity index (χ1n) is 6.30. The third kappa shape index (κ3) is 5.80. The van der Waals surface area contributed by atoms with Crippen LogP contribution in [-0.2, 0) is 9.47 Å². The van der Waals surface area contributed by atoms with Crippen molar-refractivity contribution in [3.05, 3.63) is 0 Å². The molecular formula is C12H26N2O2. The predicted octanol–water partition coefficient (Wildman–Crippen LogP) is 0.766. The van der Waals surface area contributed by atoms with Crippen molar-refractivity contribution in [3.63, 3.8) is 0 Å². The number of hydrogen-bond acceptors (Lipinski definition) is 4. The van der Waals surface area contributed by atoms with Crippen molar-refractivity contribution in [2.45, 2.75) is 52.1 Å². The first-order chi connectivity index (χ1) is 7.58. The van der Waals surface area contributed by atoms with Crippen LogP contribution in [0.1, 0.15) is 27.7 Å². The van der Waals surface area contributed by atoms with E-state index in [0.717, 1.165) is 26.2 Å². The molecule has 0 amide bonds. The standard InChI is InChI=1S/2C6H13NO/c2*1-5-3-7-4-6(2)8-5/h2*5-7H,3-4H2,1-2H3. The van der Waals surface area contributed by atoms with Crippen LogP contribution in [0.2, 0.25) is 0 Å². The van der Waals surface area contributed by atoms with Crippen molar-refractivity contribution in [3.8, 4) is 0 Å². The zero-order valence-corrected chi connectivity index (χ0v) is 11.0. The number of ether oxygens (including phenoxy) is 2. The van der Waals surface area contributed by atoms with Gasteiger partial charge in [-0.05, 0) is 27.7 Å². The highest BCUT2D eigenvalue weighted by Crippen LogP contribution is 2.00. The van der Waals surface area contributed by atoms with E-state index in [-0.39, 0.29) is 0 Å². The average Bonchev–Trinajstić information content (AvgIpc) is 2.17. The molecule has 0 aromatic carbocycles. The van der Waals surface area contributed by atoms with E-state index in [1.807, 2.05) is 0 Å². The number of hydrogen-bond donors (Lipinski definition) is 2. The Morgan fingerprint density at radius 2 is 0.875 bits per heavy atom. The molecule has 2 rings (SSSR count). The molecular weight excluding hydrogens is 204 g/mol. The molecule has 96 valence electrons. The Balaban J connectivity index is 0.000000160. The Hall–Kier alpha value is -0.160. The number of rotatable bonds is 0. The van der Waals surface area contributed by atoms with Crippen molar-refractivity contribution in [1.29, 1.82) is 0 Å². The predicted molar refractivity (Wildman–Crippen MR) is 65.8 cm³/mol. The van der Waals surface area contributed by atoms with Gasteiger partial charge in [0, 0.05) is 26.2 Å². The van der Waals surface area contributed by atoms with E-state index < -0.39 is 0 Å². The van der Waals surface area contributed by atoms with Gasteiger partial charge in [0.2, 0.25) is 0 Å². The topological polar surface area (TPSA) is 42.5 Å². The Morgan fingerprint density at radius 1 is 0.625 bits per heavy atom. The van der Waals surface area contributed by atoms with E-state index in [4.69, 9.17) is 9.47 Å². The maximum Gasteiger partial charge on any atom is 0.0675 e. The molecule has 0 bridgehead atoms. The largest absolute Gasteiger partial charge is 0.373 e. The second-order valence-electron chi connectivity index (χ2n) is 4.83. The van der Waals surface area contributed by atoms with Crippen LogP contribution < -0.4 is 10.6 Å². The van der Waals surface area contributed by atoms with Crippen LogP contribution in [0.4, 0.5) is 0 Å². The van der Waals surface area contributed by atoms with Gasteiger partial charge in [-0.2, -0.15) is 0 Å². The summed E-state index contributed by atoms with van der Waals surface area (Å²) in [6.45, 7) is 12.4. The molecule has 2 N–H and O–H groups in total. The van der Waals surface area contributed by atoms with E-state index in [2.05, 4.69) is 38.3 Å². The van der Waals surface area contributed by atoms with Gasteiger partial charge in [-0.25, -0.2) is 0 Å². The molecule has 0 aromatic heterocycles. The molecule has 0 radical (unpaired) electrons. The highest BCUT2D eigenvalue weighted by Gasteiger charge is 2.13. The van der Waals surface area contributed by atoms with Crippen LogP contribution in [0.5, 0.6) is 0 Å².